The molecule has 1 fully saturated rings. The van der Waals surface area contributed by atoms with Gasteiger partial charge in [0.05, 0.1) is 0 Å². The fourth-order valence-electron chi connectivity index (χ4n) is 2.29. The van der Waals surface area contributed by atoms with E-state index in [2.05, 4.69) is 15.9 Å². The van der Waals surface area contributed by atoms with E-state index in [0.717, 1.165) is 16.8 Å². The van der Waals surface area contributed by atoms with Gasteiger partial charge in [0.1, 0.15) is 5.37 Å². The topological polar surface area (TPSA) is 54.5 Å². The highest BCUT2D eigenvalue weighted by molar-refractivity contribution is 9.10. The molecule has 4 nitrogen and oxygen atoms in total. The monoisotopic (exact) mass is 391 g/mol. The van der Waals surface area contributed by atoms with Crippen LogP contribution < -0.4 is 0 Å². The summed E-state index contributed by atoms with van der Waals surface area (Å²) in [5.41, 5.74) is 0.667. The summed E-state index contributed by atoms with van der Waals surface area (Å²) < 4.78 is 24.5. The average molecular weight is 392 g/mol. The highest BCUT2D eigenvalue weighted by Gasteiger charge is 2.30. The van der Waals surface area contributed by atoms with Gasteiger partial charge in [-0.2, -0.15) is 11.8 Å². The van der Waals surface area contributed by atoms with Gasteiger partial charge >= 0.3 is 0 Å². The Labute approximate surface area is 138 Å². The standard InChI is InChI=1S/C14H18BrNO3S2/c1-21(18,19)14-10-20-9-8-16(14)7-6-13(17)11-2-4-12(15)5-3-11/h2-5,14H,6-10H2,1H3. The minimum atomic E-state index is -3.11. The number of benzene rings is 1. The summed E-state index contributed by atoms with van der Waals surface area (Å²) in [7, 11) is -3.11. The van der Waals surface area contributed by atoms with Crippen LogP contribution in [-0.4, -0.2) is 55.3 Å². The summed E-state index contributed by atoms with van der Waals surface area (Å²) >= 11 is 4.99. The molecule has 2 rings (SSSR count). The first-order valence-electron chi connectivity index (χ1n) is 6.67. The van der Waals surface area contributed by atoms with Gasteiger partial charge in [0.15, 0.2) is 15.6 Å². The number of Topliss-reactive ketones (excluding diaryl/α,β-unsaturated/α-hetero) is 1. The second-order valence-corrected chi connectivity index (χ2v) is 9.34. The summed E-state index contributed by atoms with van der Waals surface area (Å²) in [6.45, 7) is 1.21. The molecule has 1 saturated heterocycles. The fraction of sp³-hybridized carbons (Fsp3) is 0.500. The van der Waals surface area contributed by atoms with Gasteiger partial charge < -0.3 is 0 Å². The number of rotatable bonds is 5. The second-order valence-electron chi connectivity index (χ2n) is 5.08. The molecular weight excluding hydrogens is 374 g/mol. The number of sulfone groups is 1. The third kappa shape index (κ3) is 4.81. The predicted octanol–water partition coefficient (Wildman–Crippen LogP) is 2.44. The van der Waals surface area contributed by atoms with Crippen molar-refractivity contribution in [1.82, 2.24) is 4.90 Å². The molecule has 1 heterocycles. The highest BCUT2D eigenvalue weighted by Crippen LogP contribution is 2.21. The van der Waals surface area contributed by atoms with Gasteiger partial charge in [-0.05, 0) is 12.1 Å². The van der Waals surface area contributed by atoms with Gasteiger partial charge in [0.25, 0.3) is 0 Å². The van der Waals surface area contributed by atoms with Gasteiger partial charge in [-0.3, -0.25) is 9.69 Å². The molecule has 1 atom stereocenters. The molecule has 1 aliphatic heterocycles. The number of hydrogen-bond donors (Lipinski definition) is 0. The number of carbonyl (C=O) groups is 1. The Kier molecular flexibility index (Phi) is 5.88. The Bertz CT molecular complexity index is 601. The lowest BCUT2D eigenvalue weighted by Crippen LogP contribution is -2.47. The number of nitrogens with zero attached hydrogens (tertiary/aromatic N) is 1. The molecule has 116 valence electrons. The van der Waals surface area contributed by atoms with Crippen molar-refractivity contribution in [2.45, 2.75) is 11.8 Å². The molecule has 0 amide bonds. The van der Waals surface area contributed by atoms with Crippen LogP contribution in [0.1, 0.15) is 16.8 Å². The van der Waals surface area contributed by atoms with E-state index in [-0.39, 0.29) is 5.78 Å². The van der Waals surface area contributed by atoms with E-state index in [1.807, 2.05) is 17.0 Å². The summed E-state index contributed by atoms with van der Waals surface area (Å²) in [6, 6.07) is 7.24. The Morgan fingerprint density at radius 2 is 2.05 bits per heavy atom. The zero-order valence-corrected chi connectivity index (χ0v) is 15.0. The van der Waals surface area contributed by atoms with Crippen LogP contribution in [0.3, 0.4) is 0 Å². The zero-order chi connectivity index (χ0) is 15.5. The highest BCUT2D eigenvalue weighted by atomic mass is 79.9. The van der Waals surface area contributed by atoms with E-state index < -0.39 is 15.2 Å². The first kappa shape index (κ1) is 17.0. The van der Waals surface area contributed by atoms with E-state index in [9.17, 15) is 13.2 Å². The summed E-state index contributed by atoms with van der Waals surface area (Å²) in [5, 5.41) is -0.464. The van der Waals surface area contributed by atoms with Crippen molar-refractivity contribution in [1.29, 1.82) is 0 Å². The maximum atomic E-state index is 12.2. The van der Waals surface area contributed by atoms with Crippen LogP contribution >= 0.6 is 27.7 Å². The molecular formula is C14H18BrNO3S2. The Morgan fingerprint density at radius 1 is 1.38 bits per heavy atom. The Hall–Kier alpha value is -0.370. The number of hydrogen-bond acceptors (Lipinski definition) is 5. The van der Waals surface area contributed by atoms with Gasteiger partial charge in [0, 0.05) is 47.3 Å². The first-order valence-corrected chi connectivity index (χ1v) is 10.6. The fourth-order valence-corrected chi connectivity index (χ4v) is 5.53. The smallest absolute Gasteiger partial charge is 0.164 e. The normalized spacial score (nSPS) is 20.4. The van der Waals surface area contributed by atoms with E-state index in [1.165, 1.54) is 6.26 Å². The average Bonchev–Trinajstić information content (AvgIpc) is 2.45. The third-order valence-corrected chi connectivity index (χ3v) is 6.69. The van der Waals surface area contributed by atoms with Crippen LogP contribution in [0.15, 0.2) is 28.7 Å². The lowest BCUT2D eigenvalue weighted by atomic mass is 10.1. The molecule has 1 unspecified atom stereocenters. The molecule has 1 aromatic carbocycles. The summed E-state index contributed by atoms with van der Waals surface area (Å²) in [5.74, 6) is 1.55. The van der Waals surface area contributed by atoms with E-state index in [0.29, 0.717) is 24.3 Å². The molecule has 0 aliphatic carbocycles. The van der Waals surface area contributed by atoms with Crippen molar-refractivity contribution in [2.75, 3.05) is 30.9 Å². The van der Waals surface area contributed by atoms with Gasteiger partial charge in [-0.1, -0.05) is 28.1 Å². The number of halogens is 1. The van der Waals surface area contributed by atoms with E-state index >= 15 is 0 Å². The number of ketones is 1. The molecule has 0 aromatic heterocycles. The van der Waals surface area contributed by atoms with Crippen LogP contribution in [0.25, 0.3) is 0 Å². The lowest BCUT2D eigenvalue weighted by molar-refractivity contribution is 0.0963. The first-order chi connectivity index (χ1) is 9.88. The van der Waals surface area contributed by atoms with Crippen molar-refractivity contribution < 1.29 is 13.2 Å². The van der Waals surface area contributed by atoms with Crippen molar-refractivity contribution in [3.8, 4) is 0 Å². The van der Waals surface area contributed by atoms with Crippen LogP contribution in [0.4, 0.5) is 0 Å². The molecule has 21 heavy (non-hydrogen) atoms. The third-order valence-electron chi connectivity index (χ3n) is 3.48. The molecule has 0 saturated carbocycles. The summed E-state index contributed by atoms with van der Waals surface area (Å²) in [6.07, 6.45) is 1.62. The van der Waals surface area contributed by atoms with Gasteiger partial charge in [-0.15, -0.1) is 0 Å². The van der Waals surface area contributed by atoms with Gasteiger partial charge in [0.2, 0.25) is 0 Å². The van der Waals surface area contributed by atoms with Crippen molar-refractivity contribution in [2.24, 2.45) is 0 Å². The molecule has 0 N–H and O–H groups in total. The minimum absolute atomic E-state index is 0.0491. The van der Waals surface area contributed by atoms with Gasteiger partial charge in [-0.25, -0.2) is 8.42 Å². The molecule has 0 bridgehead atoms. The maximum absolute atomic E-state index is 12.2. The van der Waals surface area contributed by atoms with Crippen molar-refractivity contribution in [3.05, 3.63) is 34.3 Å². The van der Waals surface area contributed by atoms with Crippen LogP contribution in [0.5, 0.6) is 0 Å². The lowest BCUT2D eigenvalue weighted by Gasteiger charge is -2.33. The van der Waals surface area contributed by atoms with Crippen molar-refractivity contribution in [3.63, 3.8) is 0 Å². The predicted molar refractivity (Wildman–Crippen MR) is 90.6 cm³/mol. The molecule has 0 radical (unpaired) electrons. The Balaban J connectivity index is 1.97. The molecule has 1 aromatic rings. The number of thioether (sulfide) groups is 1. The maximum Gasteiger partial charge on any atom is 0.164 e. The van der Waals surface area contributed by atoms with Crippen molar-refractivity contribution >= 4 is 43.3 Å². The molecule has 7 heteroatoms. The zero-order valence-electron chi connectivity index (χ0n) is 11.8. The van der Waals surface area contributed by atoms with Crippen LogP contribution in [0.2, 0.25) is 0 Å². The van der Waals surface area contributed by atoms with E-state index in [1.54, 1.807) is 23.9 Å². The minimum Gasteiger partial charge on any atom is -0.294 e. The Morgan fingerprint density at radius 3 is 2.67 bits per heavy atom. The van der Waals surface area contributed by atoms with E-state index in [4.69, 9.17) is 0 Å². The van der Waals surface area contributed by atoms with Crippen LogP contribution in [-0.2, 0) is 9.84 Å². The molecule has 0 spiro atoms. The number of carbonyl (C=O) groups excluding carboxylic acids is 1. The SMILES string of the molecule is CS(=O)(=O)C1CSCCN1CCC(=O)c1ccc(Br)cc1. The largest absolute Gasteiger partial charge is 0.294 e. The second kappa shape index (κ2) is 7.26. The van der Waals surface area contributed by atoms with Crippen LogP contribution in [0, 0.1) is 0 Å². The quantitative estimate of drug-likeness (QED) is 0.721. The molecule has 1 aliphatic rings. The summed E-state index contributed by atoms with van der Waals surface area (Å²) in [4.78, 5) is 14.1.